The minimum Gasteiger partial charge on any atom is -0.456 e. The molecule has 0 fully saturated rings. The van der Waals surface area contributed by atoms with Crippen LogP contribution in [0.5, 0.6) is 0 Å². The van der Waals surface area contributed by atoms with Crippen molar-refractivity contribution in [3.8, 4) is 33.4 Å². The molecule has 0 saturated heterocycles. The van der Waals surface area contributed by atoms with E-state index < -0.39 is 5.41 Å². The molecule has 9 aromatic carbocycles. The second-order valence-corrected chi connectivity index (χ2v) is 16.6. The molecule has 2 aliphatic rings. The highest BCUT2D eigenvalue weighted by atomic mass is 32.1. The summed E-state index contributed by atoms with van der Waals surface area (Å²) in [4.78, 5) is 2.50. The molecule has 0 bridgehead atoms. The maximum Gasteiger partial charge on any atom is 0.135 e. The summed E-state index contributed by atoms with van der Waals surface area (Å²) >= 11 is 1.90. The lowest BCUT2D eigenvalue weighted by molar-refractivity contribution is 0.669. The third-order valence-electron chi connectivity index (χ3n) is 12.7. The Morgan fingerprint density at radius 3 is 1.91 bits per heavy atom. The van der Waals surface area contributed by atoms with Gasteiger partial charge >= 0.3 is 0 Å². The van der Waals surface area contributed by atoms with Crippen molar-refractivity contribution in [2.24, 2.45) is 0 Å². The number of fused-ring (bicyclic) bond motifs is 16. The van der Waals surface area contributed by atoms with Crippen molar-refractivity contribution in [2.75, 3.05) is 4.90 Å². The average Bonchev–Trinajstić information content (AvgIpc) is 4.01. The third kappa shape index (κ3) is 4.21. The van der Waals surface area contributed by atoms with Crippen LogP contribution in [0.3, 0.4) is 0 Å². The monoisotopic (exact) mass is 755 g/mol. The molecule has 58 heavy (non-hydrogen) atoms. The van der Waals surface area contributed by atoms with Crippen molar-refractivity contribution < 1.29 is 4.42 Å². The number of nitrogens with zero attached hydrogens (tertiary/aromatic N) is 1. The molecule has 2 aromatic heterocycles. The zero-order valence-corrected chi connectivity index (χ0v) is 32.1. The van der Waals surface area contributed by atoms with Crippen LogP contribution in [-0.4, -0.2) is 0 Å². The van der Waals surface area contributed by atoms with E-state index >= 15 is 0 Å². The van der Waals surface area contributed by atoms with Gasteiger partial charge in [-0.05, 0) is 99.1 Å². The van der Waals surface area contributed by atoms with Crippen LogP contribution in [0.25, 0.3) is 75.5 Å². The van der Waals surface area contributed by atoms with Gasteiger partial charge < -0.3 is 9.32 Å². The van der Waals surface area contributed by atoms with Crippen molar-refractivity contribution in [3.05, 3.63) is 222 Å². The van der Waals surface area contributed by atoms with Crippen LogP contribution in [-0.2, 0) is 5.41 Å². The third-order valence-corrected chi connectivity index (χ3v) is 13.8. The summed E-state index contributed by atoms with van der Waals surface area (Å²) in [5, 5.41) is 4.88. The van der Waals surface area contributed by atoms with Crippen molar-refractivity contribution in [2.45, 2.75) is 5.41 Å². The Balaban J connectivity index is 1.14. The van der Waals surface area contributed by atoms with Crippen LogP contribution in [0, 0.1) is 0 Å². The minimum absolute atomic E-state index is 0.492. The van der Waals surface area contributed by atoms with E-state index in [1.165, 1.54) is 75.8 Å². The Morgan fingerprint density at radius 2 is 1.03 bits per heavy atom. The average molecular weight is 756 g/mol. The molecule has 0 saturated carbocycles. The molecule has 11 aromatic rings. The largest absolute Gasteiger partial charge is 0.456 e. The number of hydrogen-bond acceptors (Lipinski definition) is 3. The molecule has 2 heterocycles. The quantitative estimate of drug-likeness (QED) is 0.178. The van der Waals surface area contributed by atoms with Gasteiger partial charge in [-0.2, -0.15) is 0 Å². The first-order valence-electron chi connectivity index (χ1n) is 19.9. The molecule has 0 amide bonds. The van der Waals surface area contributed by atoms with Crippen molar-refractivity contribution in [1.82, 2.24) is 0 Å². The molecule has 2 aliphatic carbocycles. The second-order valence-electron chi connectivity index (χ2n) is 15.5. The number of anilines is 3. The van der Waals surface area contributed by atoms with Crippen LogP contribution in [0.15, 0.2) is 205 Å². The van der Waals surface area contributed by atoms with Crippen LogP contribution in [0.1, 0.15) is 22.3 Å². The zero-order chi connectivity index (χ0) is 38.0. The first-order chi connectivity index (χ1) is 28.8. The Morgan fingerprint density at radius 1 is 0.379 bits per heavy atom. The summed E-state index contributed by atoms with van der Waals surface area (Å²) in [6, 6.07) is 73.8. The summed E-state index contributed by atoms with van der Waals surface area (Å²) in [5.74, 6) is 0. The van der Waals surface area contributed by atoms with Gasteiger partial charge in [0.15, 0.2) is 0 Å². The van der Waals surface area contributed by atoms with Crippen molar-refractivity contribution in [3.63, 3.8) is 0 Å². The van der Waals surface area contributed by atoms with Gasteiger partial charge in [-0.25, -0.2) is 0 Å². The fourth-order valence-corrected chi connectivity index (χ4v) is 11.5. The highest BCUT2D eigenvalue weighted by Crippen LogP contribution is 2.65. The Bertz CT molecular complexity index is 3480. The van der Waals surface area contributed by atoms with E-state index in [2.05, 4.69) is 199 Å². The number of thiophene rings is 1. The predicted octanol–water partition coefficient (Wildman–Crippen LogP) is 15.4. The van der Waals surface area contributed by atoms with Gasteiger partial charge in [-0.3, -0.25) is 0 Å². The van der Waals surface area contributed by atoms with E-state index in [9.17, 15) is 0 Å². The smallest absolute Gasteiger partial charge is 0.135 e. The summed E-state index contributed by atoms with van der Waals surface area (Å²) in [6.45, 7) is 0. The summed E-state index contributed by atoms with van der Waals surface area (Å²) < 4.78 is 9.03. The maximum atomic E-state index is 6.37. The van der Waals surface area contributed by atoms with Gasteiger partial charge in [0.05, 0.1) is 16.8 Å². The van der Waals surface area contributed by atoms with E-state index in [0.29, 0.717) is 0 Å². The maximum absolute atomic E-state index is 6.37. The number of rotatable bonds is 4. The van der Waals surface area contributed by atoms with Crippen LogP contribution >= 0.6 is 11.3 Å². The summed E-state index contributed by atoms with van der Waals surface area (Å²) in [6.07, 6.45) is 0. The van der Waals surface area contributed by atoms with Crippen molar-refractivity contribution in [1.29, 1.82) is 0 Å². The van der Waals surface area contributed by atoms with Crippen LogP contribution in [0.4, 0.5) is 17.1 Å². The standard InChI is InChI=1S/C55H33NOS/c1-2-15-34(16-3-1)36-17-6-11-25-48(36)56(35-29-30-51-42(31-35)38-19-7-12-27-50(38)57-51)49-26-14-24-46-54(49)40-21-5-10-23-45(40)55(46)44-22-9-4-18-37(44)41-32-43-39-20-8-13-28-52(39)58-53(43)33-47(41)55/h1-33H. The molecule has 0 N–H and O–H groups in total. The van der Waals surface area contributed by atoms with E-state index in [0.717, 1.165) is 39.0 Å². The highest BCUT2D eigenvalue weighted by Gasteiger charge is 2.52. The Kier molecular flexibility index (Phi) is 6.56. The number of para-hydroxylation sites is 2. The molecule has 1 spiro atoms. The predicted molar refractivity (Wildman–Crippen MR) is 243 cm³/mol. The van der Waals surface area contributed by atoms with E-state index in [4.69, 9.17) is 4.42 Å². The fraction of sp³-hybridized carbons (Fsp3) is 0.0182. The number of hydrogen-bond donors (Lipinski definition) is 0. The van der Waals surface area contributed by atoms with E-state index in [1.54, 1.807) is 0 Å². The molecular formula is C55H33NOS. The van der Waals surface area contributed by atoms with Gasteiger partial charge in [-0.15, -0.1) is 11.3 Å². The fourth-order valence-electron chi connectivity index (χ4n) is 10.4. The first-order valence-corrected chi connectivity index (χ1v) is 20.7. The van der Waals surface area contributed by atoms with Crippen LogP contribution < -0.4 is 4.90 Å². The minimum atomic E-state index is -0.492. The van der Waals surface area contributed by atoms with Gasteiger partial charge in [0.25, 0.3) is 0 Å². The SMILES string of the molecule is c1ccc(-c2ccccc2N(c2ccc3oc4ccccc4c3c2)c2cccc3c2-c2ccccc2C32c3ccccc3-c3cc4c(cc32)sc2ccccc24)cc1. The Labute approximate surface area is 339 Å². The molecule has 2 nitrogen and oxygen atoms in total. The summed E-state index contributed by atoms with van der Waals surface area (Å²) in [7, 11) is 0. The number of benzene rings is 9. The molecule has 0 radical (unpaired) electrons. The first kappa shape index (κ1) is 31.9. The molecule has 270 valence electrons. The number of furan rings is 1. The lowest BCUT2D eigenvalue weighted by Crippen LogP contribution is -2.26. The topological polar surface area (TPSA) is 16.4 Å². The highest BCUT2D eigenvalue weighted by molar-refractivity contribution is 7.25. The molecule has 0 aliphatic heterocycles. The molecular weight excluding hydrogens is 723 g/mol. The van der Waals surface area contributed by atoms with Gasteiger partial charge in [0.2, 0.25) is 0 Å². The van der Waals surface area contributed by atoms with Gasteiger partial charge in [-0.1, -0.05) is 146 Å². The zero-order valence-electron chi connectivity index (χ0n) is 31.3. The molecule has 13 rings (SSSR count). The van der Waals surface area contributed by atoms with E-state index in [-0.39, 0.29) is 0 Å². The van der Waals surface area contributed by atoms with Crippen LogP contribution in [0.2, 0.25) is 0 Å². The second kappa shape index (κ2) is 11.9. The lowest BCUT2D eigenvalue weighted by atomic mass is 9.70. The lowest BCUT2D eigenvalue weighted by Gasteiger charge is -2.32. The van der Waals surface area contributed by atoms with Gasteiger partial charge in [0.1, 0.15) is 11.2 Å². The summed E-state index contributed by atoms with van der Waals surface area (Å²) in [5.41, 5.74) is 17.5. The molecule has 1 atom stereocenters. The van der Waals surface area contributed by atoms with Gasteiger partial charge in [0, 0.05) is 47.8 Å². The normalized spacial score (nSPS) is 15.0. The van der Waals surface area contributed by atoms with E-state index in [1.807, 2.05) is 17.4 Å². The van der Waals surface area contributed by atoms with Crippen molar-refractivity contribution >= 4 is 70.5 Å². The molecule has 3 heteroatoms. The Hall–Kier alpha value is -7.20. The molecule has 1 unspecified atom stereocenters.